The molecule has 8 heteroatoms. The Morgan fingerprint density at radius 2 is 1.88 bits per heavy atom. The number of nitrogens with zero attached hydrogens (tertiary/aromatic N) is 2. The number of para-hydroxylation sites is 1. The Morgan fingerprint density at radius 1 is 1.03 bits per heavy atom. The molecule has 34 heavy (non-hydrogen) atoms. The Morgan fingerprint density at radius 3 is 2.68 bits per heavy atom. The van der Waals surface area contributed by atoms with E-state index in [4.69, 9.17) is 23.2 Å². The van der Waals surface area contributed by atoms with E-state index in [1.165, 1.54) is 0 Å². The minimum Gasteiger partial charge on any atom is -0.348 e. The van der Waals surface area contributed by atoms with E-state index in [9.17, 15) is 9.59 Å². The lowest BCUT2D eigenvalue weighted by molar-refractivity contribution is -0.121. The molecular formula is C26H26Cl2N4O2. The number of hydrogen-bond donors (Lipinski definition) is 2. The van der Waals surface area contributed by atoms with Gasteiger partial charge in [-0.3, -0.25) is 19.5 Å². The van der Waals surface area contributed by atoms with Crippen molar-refractivity contribution >= 4 is 40.7 Å². The van der Waals surface area contributed by atoms with Gasteiger partial charge in [-0.1, -0.05) is 47.5 Å². The van der Waals surface area contributed by atoms with Crippen LogP contribution in [0.25, 0.3) is 0 Å². The van der Waals surface area contributed by atoms with Crippen molar-refractivity contribution in [2.24, 2.45) is 5.92 Å². The minimum absolute atomic E-state index is 0.0775. The maximum atomic E-state index is 13.1. The molecule has 0 spiro atoms. The molecule has 1 atom stereocenters. The number of pyridine rings is 1. The maximum Gasteiger partial charge on any atom is 0.253 e. The van der Waals surface area contributed by atoms with Gasteiger partial charge in [-0.2, -0.15) is 0 Å². The molecule has 0 bridgehead atoms. The van der Waals surface area contributed by atoms with Crippen molar-refractivity contribution in [1.29, 1.82) is 0 Å². The molecule has 1 saturated heterocycles. The average molecular weight is 497 g/mol. The fourth-order valence-electron chi connectivity index (χ4n) is 4.11. The van der Waals surface area contributed by atoms with Crippen LogP contribution in [-0.4, -0.2) is 34.8 Å². The summed E-state index contributed by atoms with van der Waals surface area (Å²) in [6, 6.07) is 16.4. The Bertz CT molecular complexity index is 1160. The summed E-state index contributed by atoms with van der Waals surface area (Å²) in [4.78, 5) is 32.2. The number of anilines is 1. The highest BCUT2D eigenvalue weighted by Gasteiger charge is 2.27. The number of hydrogen-bond acceptors (Lipinski definition) is 4. The first kappa shape index (κ1) is 24.2. The van der Waals surface area contributed by atoms with E-state index in [0.29, 0.717) is 40.9 Å². The van der Waals surface area contributed by atoms with Gasteiger partial charge in [-0.05, 0) is 60.8 Å². The molecule has 6 nitrogen and oxygen atoms in total. The predicted octanol–water partition coefficient (Wildman–Crippen LogP) is 5.17. The number of likely N-dealkylation sites (tertiary alicyclic amines) is 1. The fraction of sp³-hybridized carbons (Fsp3) is 0.269. The molecule has 2 N–H and O–H groups in total. The van der Waals surface area contributed by atoms with Gasteiger partial charge in [0.2, 0.25) is 5.91 Å². The third-order valence-corrected chi connectivity index (χ3v) is 6.61. The Balaban J connectivity index is 1.37. The Labute approximate surface area is 209 Å². The van der Waals surface area contributed by atoms with E-state index in [2.05, 4.69) is 20.5 Å². The first-order valence-corrected chi connectivity index (χ1v) is 12.0. The molecule has 2 amide bonds. The zero-order valence-corrected chi connectivity index (χ0v) is 20.1. The fourth-order valence-corrected chi connectivity index (χ4v) is 4.44. The van der Waals surface area contributed by atoms with Gasteiger partial charge in [-0.15, -0.1) is 0 Å². The Kier molecular flexibility index (Phi) is 8.16. The van der Waals surface area contributed by atoms with Gasteiger partial charge >= 0.3 is 0 Å². The molecule has 1 unspecified atom stereocenters. The maximum absolute atomic E-state index is 13.1. The van der Waals surface area contributed by atoms with Crippen molar-refractivity contribution < 1.29 is 9.59 Å². The van der Waals surface area contributed by atoms with Crippen LogP contribution in [0.5, 0.6) is 0 Å². The lowest BCUT2D eigenvalue weighted by Crippen LogP contribution is -2.40. The number of amides is 2. The molecule has 176 valence electrons. The van der Waals surface area contributed by atoms with Crippen LogP contribution in [0, 0.1) is 5.92 Å². The number of rotatable bonds is 7. The van der Waals surface area contributed by atoms with Crippen molar-refractivity contribution in [3.05, 3.63) is 93.7 Å². The standard InChI is InChI=1S/C26H26Cl2N4O2/c27-22-10-9-18(13-23(22)28)16-32-12-4-6-20(17-32)25(33)31-24-8-2-1-7-21(24)26(34)30-15-19-5-3-11-29-14-19/h1-3,5,7-11,13-14,20H,4,6,12,15-17H2,(H,30,34)(H,31,33). The summed E-state index contributed by atoms with van der Waals surface area (Å²) >= 11 is 12.2. The van der Waals surface area contributed by atoms with Crippen molar-refractivity contribution in [2.45, 2.75) is 25.9 Å². The number of halogens is 2. The molecule has 4 rings (SSSR count). The second-order valence-electron chi connectivity index (χ2n) is 8.40. The summed E-state index contributed by atoms with van der Waals surface area (Å²) in [7, 11) is 0. The minimum atomic E-state index is -0.246. The largest absolute Gasteiger partial charge is 0.348 e. The van der Waals surface area contributed by atoms with Crippen LogP contribution in [0.2, 0.25) is 10.0 Å². The zero-order chi connectivity index (χ0) is 23.9. The second kappa shape index (κ2) is 11.5. The van der Waals surface area contributed by atoms with Gasteiger partial charge in [-0.25, -0.2) is 0 Å². The van der Waals surface area contributed by atoms with Crippen molar-refractivity contribution in [2.75, 3.05) is 18.4 Å². The second-order valence-corrected chi connectivity index (χ2v) is 9.22. The van der Waals surface area contributed by atoms with Gasteiger partial charge in [0.05, 0.1) is 27.2 Å². The lowest BCUT2D eigenvalue weighted by atomic mass is 9.96. The van der Waals surface area contributed by atoms with Gasteiger partial charge in [0.15, 0.2) is 0 Å². The van der Waals surface area contributed by atoms with Crippen LogP contribution in [0.1, 0.15) is 34.3 Å². The van der Waals surface area contributed by atoms with Crippen molar-refractivity contribution in [3.63, 3.8) is 0 Å². The molecule has 1 fully saturated rings. The van der Waals surface area contributed by atoms with Gasteiger partial charge in [0, 0.05) is 32.0 Å². The summed E-state index contributed by atoms with van der Waals surface area (Å²) in [5, 5.41) is 6.94. The quantitative estimate of drug-likeness (QED) is 0.473. The monoisotopic (exact) mass is 496 g/mol. The molecule has 0 radical (unpaired) electrons. The van der Waals surface area contributed by atoms with Crippen LogP contribution >= 0.6 is 23.2 Å². The van der Waals surface area contributed by atoms with Crippen LogP contribution in [0.4, 0.5) is 5.69 Å². The van der Waals surface area contributed by atoms with Gasteiger partial charge < -0.3 is 10.6 Å². The van der Waals surface area contributed by atoms with E-state index in [-0.39, 0.29) is 17.7 Å². The highest BCUT2D eigenvalue weighted by atomic mass is 35.5. The average Bonchev–Trinajstić information content (AvgIpc) is 2.86. The summed E-state index contributed by atoms with van der Waals surface area (Å²) in [6.45, 7) is 2.62. The van der Waals surface area contributed by atoms with E-state index in [0.717, 1.165) is 30.5 Å². The molecule has 2 aromatic carbocycles. The van der Waals surface area contributed by atoms with E-state index in [1.807, 2.05) is 30.3 Å². The molecular weight excluding hydrogens is 471 g/mol. The Hall–Kier alpha value is -2.93. The van der Waals surface area contributed by atoms with Gasteiger partial charge in [0.1, 0.15) is 0 Å². The number of carbonyl (C=O) groups excluding carboxylic acids is 2. The molecule has 0 aliphatic carbocycles. The molecule has 1 aromatic heterocycles. The highest BCUT2D eigenvalue weighted by Crippen LogP contribution is 2.26. The topological polar surface area (TPSA) is 74.3 Å². The van der Waals surface area contributed by atoms with Crippen LogP contribution < -0.4 is 10.6 Å². The lowest BCUT2D eigenvalue weighted by Gasteiger charge is -2.32. The first-order valence-electron chi connectivity index (χ1n) is 11.2. The van der Waals surface area contributed by atoms with Crippen molar-refractivity contribution in [3.8, 4) is 0 Å². The highest BCUT2D eigenvalue weighted by molar-refractivity contribution is 6.42. The molecule has 2 heterocycles. The summed E-state index contributed by atoms with van der Waals surface area (Å²) < 4.78 is 0. The molecule has 1 aliphatic heterocycles. The van der Waals surface area contributed by atoms with Crippen molar-refractivity contribution in [1.82, 2.24) is 15.2 Å². The van der Waals surface area contributed by atoms with E-state index >= 15 is 0 Å². The summed E-state index contributed by atoms with van der Waals surface area (Å²) in [6.07, 6.45) is 5.12. The van der Waals surface area contributed by atoms with Crippen LogP contribution in [0.15, 0.2) is 67.0 Å². The number of aromatic nitrogens is 1. The summed E-state index contributed by atoms with van der Waals surface area (Å²) in [5.74, 6) is -0.487. The summed E-state index contributed by atoms with van der Waals surface area (Å²) in [5.41, 5.74) is 2.91. The van der Waals surface area contributed by atoms with Crippen LogP contribution in [0.3, 0.4) is 0 Å². The first-order chi connectivity index (χ1) is 16.5. The number of piperidine rings is 1. The van der Waals surface area contributed by atoms with Crippen LogP contribution in [-0.2, 0) is 17.9 Å². The zero-order valence-electron chi connectivity index (χ0n) is 18.6. The smallest absolute Gasteiger partial charge is 0.253 e. The molecule has 1 aliphatic rings. The number of benzene rings is 2. The normalized spacial score (nSPS) is 16.1. The van der Waals surface area contributed by atoms with Gasteiger partial charge in [0.25, 0.3) is 5.91 Å². The number of carbonyl (C=O) groups is 2. The third kappa shape index (κ3) is 6.35. The SMILES string of the molecule is O=C(NCc1cccnc1)c1ccccc1NC(=O)C1CCCN(Cc2ccc(Cl)c(Cl)c2)C1. The molecule has 0 saturated carbocycles. The predicted molar refractivity (Wildman–Crippen MR) is 135 cm³/mol. The number of nitrogens with one attached hydrogen (secondary N) is 2. The third-order valence-electron chi connectivity index (χ3n) is 5.87. The van der Waals surface area contributed by atoms with E-state index in [1.54, 1.807) is 36.7 Å². The van der Waals surface area contributed by atoms with E-state index < -0.39 is 0 Å². The molecule has 3 aromatic rings.